The Labute approximate surface area is 121 Å². The SMILES string of the molecule is Cc1cccc(N(C)Cc2cc(CNC(C)C)co2)c1. The van der Waals surface area contributed by atoms with Gasteiger partial charge in [-0.3, -0.25) is 0 Å². The van der Waals surface area contributed by atoms with E-state index in [-0.39, 0.29) is 0 Å². The van der Waals surface area contributed by atoms with Gasteiger partial charge in [0, 0.05) is 30.9 Å². The van der Waals surface area contributed by atoms with Crippen molar-refractivity contribution in [3.05, 3.63) is 53.5 Å². The smallest absolute Gasteiger partial charge is 0.123 e. The Hall–Kier alpha value is -1.74. The van der Waals surface area contributed by atoms with Crippen LogP contribution < -0.4 is 10.2 Å². The normalized spacial score (nSPS) is 11.1. The lowest BCUT2D eigenvalue weighted by Crippen LogP contribution is -2.21. The van der Waals surface area contributed by atoms with E-state index in [1.165, 1.54) is 16.8 Å². The summed E-state index contributed by atoms with van der Waals surface area (Å²) >= 11 is 0. The second kappa shape index (κ2) is 6.62. The Balaban J connectivity index is 1.96. The molecule has 0 saturated heterocycles. The van der Waals surface area contributed by atoms with E-state index < -0.39 is 0 Å². The molecular formula is C17H24N2O. The molecule has 108 valence electrons. The Kier molecular flexibility index (Phi) is 4.85. The third-order valence-corrected chi connectivity index (χ3v) is 3.26. The van der Waals surface area contributed by atoms with Gasteiger partial charge in [0.15, 0.2) is 0 Å². The van der Waals surface area contributed by atoms with Crippen molar-refractivity contribution in [2.45, 2.75) is 39.9 Å². The first-order chi connectivity index (χ1) is 9.54. The van der Waals surface area contributed by atoms with Gasteiger partial charge in [-0.1, -0.05) is 26.0 Å². The second-order valence-corrected chi connectivity index (χ2v) is 5.65. The minimum absolute atomic E-state index is 0.489. The van der Waals surface area contributed by atoms with Crippen LogP contribution in [0.2, 0.25) is 0 Å². The maximum atomic E-state index is 5.64. The highest BCUT2D eigenvalue weighted by Crippen LogP contribution is 2.18. The van der Waals surface area contributed by atoms with Gasteiger partial charge in [0.1, 0.15) is 5.76 Å². The molecule has 1 aromatic heterocycles. The zero-order valence-electron chi connectivity index (χ0n) is 12.8. The molecule has 0 bridgehead atoms. The average molecular weight is 272 g/mol. The van der Waals surface area contributed by atoms with E-state index in [2.05, 4.69) is 68.4 Å². The summed E-state index contributed by atoms with van der Waals surface area (Å²) in [5.74, 6) is 0.995. The minimum Gasteiger partial charge on any atom is -0.467 e. The molecule has 1 aromatic carbocycles. The number of nitrogens with one attached hydrogen (secondary N) is 1. The molecule has 0 aliphatic carbocycles. The molecule has 0 radical (unpaired) electrons. The number of benzene rings is 1. The fourth-order valence-corrected chi connectivity index (χ4v) is 2.11. The van der Waals surface area contributed by atoms with Crippen LogP contribution in [-0.2, 0) is 13.1 Å². The fraction of sp³-hybridized carbons (Fsp3) is 0.412. The zero-order chi connectivity index (χ0) is 14.5. The molecule has 0 unspecified atom stereocenters. The second-order valence-electron chi connectivity index (χ2n) is 5.65. The molecule has 1 heterocycles. The molecule has 2 aromatic rings. The topological polar surface area (TPSA) is 28.4 Å². The van der Waals surface area contributed by atoms with Crippen molar-refractivity contribution < 1.29 is 4.42 Å². The molecule has 1 N–H and O–H groups in total. The summed E-state index contributed by atoms with van der Waals surface area (Å²) < 4.78 is 5.64. The summed E-state index contributed by atoms with van der Waals surface area (Å²) in [5.41, 5.74) is 3.69. The van der Waals surface area contributed by atoms with Gasteiger partial charge in [0.25, 0.3) is 0 Å². The number of hydrogen-bond donors (Lipinski definition) is 1. The van der Waals surface area contributed by atoms with E-state index in [9.17, 15) is 0 Å². The van der Waals surface area contributed by atoms with Crippen molar-refractivity contribution in [2.24, 2.45) is 0 Å². The predicted molar refractivity (Wildman–Crippen MR) is 84.0 cm³/mol. The highest BCUT2D eigenvalue weighted by molar-refractivity contribution is 5.47. The van der Waals surface area contributed by atoms with Gasteiger partial charge in [-0.25, -0.2) is 0 Å². The highest BCUT2D eigenvalue weighted by atomic mass is 16.3. The lowest BCUT2D eigenvalue weighted by molar-refractivity contribution is 0.503. The molecule has 3 nitrogen and oxygen atoms in total. The minimum atomic E-state index is 0.489. The van der Waals surface area contributed by atoms with Gasteiger partial charge in [-0.2, -0.15) is 0 Å². The van der Waals surface area contributed by atoms with Gasteiger partial charge < -0.3 is 14.6 Å². The molecule has 2 rings (SSSR count). The molecule has 0 amide bonds. The molecule has 20 heavy (non-hydrogen) atoms. The monoisotopic (exact) mass is 272 g/mol. The van der Waals surface area contributed by atoms with Crippen LogP contribution in [-0.4, -0.2) is 13.1 Å². The first-order valence-electron chi connectivity index (χ1n) is 7.12. The fourth-order valence-electron chi connectivity index (χ4n) is 2.11. The first kappa shape index (κ1) is 14.7. The van der Waals surface area contributed by atoms with E-state index in [0.717, 1.165) is 18.8 Å². The third-order valence-electron chi connectivity index (χ3n) is 3.26. The molecule has 0 aliphatic heterocycles. The summed E-state index contributed by atoms with van der Waals surface area (Å²) in [7, 11) is 2.09. The average Bonchev–Trinajstić information content (AvgIpc) is 2.84. The first-order valence-corrected chi connectivity index (χ1v) is 7.12. The van der Waals surface area contributed by atoms with Gasteiger partial charge >= 0.3 is 0 Å². The maximum Gasteiger partial charge on any atom is 0.123 e. The standard InChI is InChI=1S/C17H24N2O/c1-13(2)18-10-15-9-17(20-12-15)11-19(4)16-7-5-6-14(3)8-16/h5-9,12-13,18H,10-11H2,1-4H3. The van der Waals surface area contributed by atoms with Crippen LogP contribution in [0.1, 0.15) is 30.7 Å². The Morgan fingerprint density at radius 2 is 2.05 bits per heavy atom. The number of anilines is 1. The van der Waals surface area contributed by atoms with Crippen LogP contribution in [0.15, 0.2) is 41.0 Å². The van der Waals surface area contributed by atoms with E-state index >= 15 is 0 Å². The number of furan rings is 1. The van der Waals surface area contributed by atoms with Crippen molar-refractivity contribution in [1.29, 1.82) is 0 Å². The number of aryl methyl sites for hydroxylation is 1. The Bertz CT molecular complexity index is 545. The lowest BCUT2D eigenvalue weighted by atomic mass is 10.2. The quantitative estimate of drug-likeness (QED) is 0.868. The van der Waals surface area contributed by atoms with Crippen molar-refractivity contribution in [1.82, 2.24) is 5.32 Å². The largest absolute Gasteiger partial charge is 0.467 e. The number of hydrogen-bond acceptors (Lipinski definition) is 3. The van der Waals surface area contributed by atoms with Crippen LogP contribution in [0, 0.1) is 6.92 Å². The maximum absolute atomic E-state index is 5.64. The van der Waals surface area contributed by atoms with Crippen LogP contribution >= 0.6 is 0 Å². The molecular weight excluding hydrogens is 248 g/mol. The molecule has 3 heteroatoms. The van der Waals surface area contributed by atoms with Gasteiger partial charge in [0.2, 0.25) is 0 Å². The summed E-state index contributed by atoms with van der Waals surface area (Å²) in [6.07, 6.45) is 1.84. The summed E-state index contributed by atoms with van der Waals surface area (Å²) in [6, 6.07) is 11.1. The van der Waals surface area contributed by atoms with Crippen LogP contribution in [0.5, 0.6) is 0 Å². The van der Waals surface area contributed by atoms with Crippen molar-refractivity contribution >= 4 is 5.69 Å². The molecule has 0 aliphatic rings. The highest BCUT2D eigenvalue weighted by Gasteiger charge is 2.07. The van der Waals surface area contributed by atoms with E-state index in [1.54, 1.807) is 0 Å². The van der Waals surface area contributed by atoms with Crippen LogP contribution in [0.25, 0.3) is 0 Å². The Morgan fingerprint density at radius 1 is 1.25 bits per heavy atom. The predicted octanol–water partition coefficient (Wildman–Crippen LogP) is 3.72. The molecule has 0 spiro atoms. The van der Waals surface area contributed by atoms with E-state index in [1.807, 2.05) is 6.26 Å². The van der Waals surface area contributed by atoms with E-state index in [4.69, 9.17) is 4.42 Å². The van der Waals surface area contributed by atoms with Crippen molar-refractivity contribution in [3.63, 3.8) is 0 Å². The van der Waals surface area contributed by atoms with E-state index in [0.29, 0.717) is 6.04 Å². The number of rotatable bonds is 6. The molecule has 0 atom stereocenters. The van der Waals surface area contributed by atoms with Crippen molar-refractivity contribution in [2.75, 3.05) is 11.9 Å². The summed E-state index contributed by atoms with van der Waals surface area (Å²) in [5, 5.41) is 3.39. The van der Waals surface area contributed by atoms with Gasteiger partial charge in [0.05, 0.1) is 12.8 Å². The lowest BCUT2D eigenvalue weighted by Gasteiger charge is -2.18. The zero-order valence-corrected chi connectivity index (χ0v) is 12.8. The van der Waals surface area contributed by atoms with Crippen LogP contribution in [0.4, 0.5) is 5.69 Å². The van der Waals surface area contributed by atoms with Gasteiger partial charge in [-0.15, -0.1) is 0 Å². The summed E-state index contributed by atoms with van der Waals surface area (Å²) in [6.45, 7) is 8.04. The summed E-state index contributed by atoms with van der Waals surface area (Å²) in [4.78, 5) is 2.20. The third kappa shape index (κ3) is 4.14. The Morgan fingerprint density at radius 3 is 2.75 bits per heavy atom. The number of nitrogens with zero attached hydrogens (tertiary/aromatic N) is 1. The van der Waals surface area contributed by atoms with Gasteiger partial charge in [-0.05, 0) is 30.7 Å². The van der Waals surface area contributed by atoms with Crippen LogP contribution in [0.3, 0.4) is 0 Å². The molecule has 0 fully saturated rings. The molecule has 0 saturated carbocycles. The van der Waals surface area contributed by atoms with Crippen molar-refractivity contribution in [3.8, 4) is 0 Å².